The van der Waals surface area contributed by atoms with Crippen molar-refractivity contribution in [3.63, 3.8) is 0 Å². The highest BCUT2D eigenvalue weighted by atomic mass is 32.1. The van der Waals surface area contributed by atoms with Crippen molar-refractivity contribution in [3.8, 4) is 10.6 Å². The van der Waals surface area contributed by atoms with Gasteiger partial charge in [-0.2, -0.15) is 0 Å². The first-order valence-electron chi connectivity index (χ1n) is 12.0. The molecule has 3 aromatic heterocycles. The second-order valence-corrected chi connectivity index (χ2v) is 11.8. The molecule has 4 N–H and O–H groups in total. The monoisotopic (exact) mass is 482 g/mol. The van der Waals surface area contributed by atoms with Gasteiger partial charge in [0.05, 0.1) is 10.9 Å². The first-order valence-corrected chi connectivity index (χ1v) is 13.6. The van der Waals surface area contributed by atoms with E-state index in [2.05, 4.69) is 33.2 Å². The number of aromatic nitrogens is 2. The van der Waals surface area contributed by atoms with E-state index in [-0.39, 0.29) is 5.91 Å². The van der Waals surface area contributed by atoms with E-state index in [0.29, 0.717) is 18.5 Å². The number of pyridine rings is 1. The van der Waals surface area contributed by atoms with Crippen molar-refractivity contribution in [2.75, 3.05) is 25.0 Å². The Morgan fingerprint density at radius 1 is 1.24 bits per heavy atom. The Labute approximate surface area is 201 Å². The molecule has 1 unspecified atom stereocenters. The predicted octanol–water partition coefficient (Wildman–Crippen LogP) is 3.37. The summed E-state index contributed by atoms with van der Waals surface area (Å²) in [4.78, 5) is 23.3. The molecule has 3 aliphatic rings. The average molecular weight is 483 g/mol. The van der Waals surface area contributed by atoms with Crippen LogP contribution in [0.1, 0.15) is 36.6 Å². The van der Waals surface area contributed by atoms with Crippen LogP contribution in [-0.4, -0.2) is 47.6 Å². The van der Waals surface area contributed by atoms with Crippen LogP contribution in [0.25, 0.3) is 20.8 Å². The Hall–Kier alpha value is -1.91. The lowest BCUT2D eigenvalue weighted by Gasteiger charge is -2.20. The van der Waals surface area contributed by atoms with Crippen LogP contribution >= 0.6 is 22.7 Å². The maximum atomic E-state index is 12.9. The Bertz CT molecular complexity index is 1130. The number of carbonyl (C=O) groups is 1. The summed E-state index contributed by atoms with van der Waals surface area (Å²) >= 11 is 3.38. The number of thiophene rings is 1. The van der Waals surface area contributed by atoms with Gasteiger partial charge in [0.15, 0.2) is 0 Å². The number of amides is 1. The molecular formula is C24H30N6OS2. The lowest BCUT2D eigenvalue weighted by atomic mass is 9.99. The van der Waals surface area contributed by atoms with Gasteiger partial charge >= 0.3 is 0 Å². The number of hydrogen-bond acceptors (Lipinski definition) is 8. The van der Waals surface area contributed by atoms with Crippen molar-refractivity contribution < 1.29 is 4.79 Å². The van der Waals surface area contributed by atoms with Gasteiger partial charge in [0.25, 0.3) is 0 Å². The Morgan fingerprint density at radius 2 is 2.09 bits per heavy atom. The summed E-state index contributed by atoms with van der Waals surface area (Å²) in [6, 6.07) is 2.98. The van der Waals surface area contributed by atoms with Gasteiger partial charge in [0.2, 0.25) is 5.91 Å². The minimum absolute atomic E-state index is 0.0750. The highest BCUT2D eigenvalue weighted by Crippen LogP contribution is 2.45. The van der Waals surface area contributed by atoms with Crippen LogP contribution in [0.4, 0.5) is 5.00 Å². The average Bonchev–Trinajstić information content (AvgIpc) is 3.54. The molecule has 1 amide bonds. The van der Waals surface area contributed by atoms with Gasteiger partial charge in [-0.25, -0.2) is 4.98 Å². The molecule has 1 aliphatic carbocycles. The van der Waals surface area contributed by atoms with Crippen molar-refractivity contribution in [3.05, 3.63) is 28.9 Å². The van der Waals surface area contributed by atoms with E-state index in [9.17, 15) is 4.79 Å². The largest absolute Gasteiger partial charge is 0.317 e. The van der Waals surface area contributed by atoms with Crippen LogP contribution in [0.5, 0.6) is 0 Å². The van der Waals surface area contributed by atoms with E-state index in [4.69, 9.17) is 4.98 Å². The fourth-order valence-electron chi connectivity index (χ4n) is 5.63. The van der Waals surface area contributed by atoms with Crippen molar-refractivity contribution in [2.45, 2.75) is 51.2 Å². The molecule has 0 bridgehead atoms. The summed E-state index contributed by atoms with van der Waals surface area (Å²) in [7, 11) is 0. The van der Waals surface area contributed by atoms with E-state index < -0.39 is 0 Å². The molecule has 174 valence electrons. The number of carbonyl (C=O) groups excluding carboxylic acids is 1. The number of hydrogen-bond donors (Lipinski definition) is 4. The first kappa shape index (κ1) is 21.6. The number of nitrogens with one attached hydrogen (secondary N) is 4. The number of thiazole rings is 1. The molecule has 4 atom stereocenters. The molecule has 9 heteroatoms. The van der Waals surface area contributed by atoms with Gasteiger partial charge in [-0.05, 0) is 62.7 Å². The van der Waals surface area contributed by atoms with Crippen molar-refractivity contribution >= 4 is 43.8 Å². The second kappa shape index (κ2) is 9.03. The highest BCUT2D eigenvalue weighted by Gasteiger charge is 2.36. The molecule has 7 nitrogen and oxygen atoms in total. The van der Waals surface area contributed by atoms with Crippen molar-refractivity contribution in [1.82, 2.24) is 25.9 Å². The fourth-order valence-corrected chi connectivity index (χ4v) is 7.90. The molecule has 2 fully saturated rings. The standard InChI is InChI=1S/C24H30N6OS2/c1-13-6-17-20(12-28-13)33-24(22(17)23-29-18-11-25-4-2-19(18)32-23)30-21(31)3-5-27-16-7-14-9-26-10-15(14)8-16/h2,4,11,13-16,26-28H,3,5-10,12H2,1H3,(H,30,31)/t13-,14-,15+,16?/m1/s1. The van der Waals surface area contributed by atoms with Gasteiger partial charge in [0.1, 0.15) is 15.5 Å². The predicted molar refractivity (Wildman–Crippen MR) is 135 cm³/mol. The molecule has 33 heavy (non-hydrogen) atoms. The smallest absolute Gasteiger partial charge is 0.226 e. The van der Waals surface area contributed by atoms with Crippen LogP contribution < -0.4 is 21.3 Å². The second-order valence-electron chi connectivity index (χ2n) is 9.66. The molecule has 0 radical (unpaired) electrons. The zero-order valence-corrected chi connectivity index (χ0v) is 20.5. The third kappa shape index (κ3) is 4.33. The maximum absolute atomic E-state index is 12.9. The minimum atomic E-state index is 0.0750. The van der Waals surface area contributed by atoms with E-state index in [0.717, 1.165) is 70.2 Å². The van der Waals surface area contributed by atoms with Gasteiger partial charge in [-0.15, -0.1) is 22.7 Å². The fraction of sp³-hybridized carbons (Fsp3) is 0.542. The first-order chi connectivity index (χ1) is 16.1. The van der Waals surface area contributed by atoms with Gasteiger partial charge in [-0.1, -0.05) is 0 Å². The van der Waals surface area contributed by atoms with Crippen LogP contribution in [0.3, 0.4) is 0 Å². The lowest BCUT2D eigenvalue weighted by molar-refractivity contribution is -0.116. The Balaban J connectivity index is 1.17. The van der Waals surface area contributed by atoms with Crippen LogP contribution in [0.15, 0.2) is 18.5 Å². The number of nitrogens with zero attached hydrogens (tertiary/aromatic N) is 2. The van der Waals surface area contributed by atoms with Gasteiger partial charge in [-0.3, -0.25) is 9.78 Å². The van der Waals surface area contributed by atoms with Crippen molar-refractivity contribution in [2.24, 2.45) is 11.8 Å². The third-order valence-corrected chi connectivity index (χ3v) is 9.51. The molecule has 6 rings (SSSR count). The molecule has 1 saturated carbocycles. The van der Waals surface area contributed by atoms with Gasteiger partial charge in [0, 0.05) is 48.2 Å². The molecule has 2 aliphatic heterocycles. The summed E-state index contributed by atoms with van der Waals surface area (Å²) in [5.41, 5.74) is 3.36. The van der Waals surface area contributed by atoms with Gasteiger partial charge < -0.3 is 21.3 Å². The zero-order chi connectivity index (χ0) is 22.4. The Morgan fingerprint density at radius 3 is 2.91 bits per heavy atom. The molecule has 0 spiro atoms. The Kier molecular flexibility index (Phi) is 5.92. The molecule has 5 heterocycles. The topological polar surface area (TPSA) is 91.0 Å². The molecule has 0 aromatic carbocycles. The summed E-state index contributed by atoms with van der Waals surface area (Å²) in [6.07, 6.45) is 7.53. The lowest BCUT2D eigenvalue weighted by Crippen LogP contribution is -2.32. The van der Waals surface area contributed by atoms with Crippen LogP contribution in [0.2, 0.25) is 0 Å². The highest BCUT2D eigenvalue weighted by molar-refractivity contribution is 7.22. The summed E-state index contributed by atoms with van der Waals surface area (Å²) in [5, 5.41) is 15.8. The molecular weight excluding hydrogens is 452 g/mol. The number of fused-ring (bicyclic) bond motifs is 3. The SMILES string of the molecule is C[C@@H]1Cc2c(sc(NC(=O)CCNC3C[C@H]4CNC[C@H]4C3)c2-c2nc3cnccc3s2)CN1. The van der Waals surface area contributed by atoms with E-state index >= 15 is 0 Å². The van der Waals surface area contributed by atoms with Crippen LogP contribution in [-0.2, 0) is 17.8 Å². The summed E-state index contributed by atoms with van der Waals surface area (Å²) in [6.45, 7) is 6.10. The van der Waals surface area contributed by atoms with E-state index in [1.807, 2.05) is 18.5 Å². The maximum Gasteiger partial charge on any atom is 0.226 e. The van der Waals surface area contributed by atoms with Crippen molar-refractivity contribution in [1.29, 1.82) is 0 Å². The zero-order valence-electron chi connectivity index (χ0n) is 18.8. The normalized spacial score (nSPS) is 26.5. The number of anilines is 1. The van der Waals surface area contributed by atoms with E-state index in [1.165, 1.54) is 23.3 Å². The van der Waals surface area contributed by atoms with E-state index in [1.54, 1.807) is 22.7 Å². The number of rotatable bonds is 6. The summed E-state index contributed by atoms with van der Waals surface area (Å²) in [5.74, 6) is 1.71. The summed E-state index contributed by atoms with van der Waals surface area (Å²) < 4.78 is 1.12. The quantitative estimate of drug-likeness (QED) is 0.431. The molecule has 3 aromatic rings. The molecule has 1 saturated heterocycles. The minimum Gasteiger partial charge on any atom is -0.317 e. The third-order valence-electron chi connectivity index (χ3n) is 7.31. The van der Waals surface area contributed by atoms with Crippen LogP contribution in [0, 0.1) is 11.8 Å².